The highest BCUT2D eigenvalue weighted by molar-refractivity contribution is 4.99. The Balaban J connectivity index is 3.92. The molecule has 0 aliphatic rings. The van der Waals surface area contributed by atoms with Crippen LogP contribution in [0.3, 0.4) is 0 Å². The van der Waals surface area contributed by atoms with E-state index >= 15 is 0 Å². The third kappa shape index (κ3) is 5.96. The van der Waals surface area contributed by atoms with Crippen LogP contribution < -0.4 is 0 Å². The van der Waals surface area contributed by atoms with Crippen LogP contribution in [0.4, 0.5) is 0 Å². The van der Waals surface area contributed by atoms with E-state index in [1.807, 2.05) is 0 Å². The Morgan fingerprint density at radius 2 is 2.17 bits per heavy atom. The summed E-state index contributed by atoms with van der Waals surface area (Å²) in [6, 6.07) is 0. The van der Waals surface area contributed by atoms with Crippen LogP contribution in [-0.2, 0) is 0 Å². The Labute approximate surface area is 75.1 Å². The van der Waals surface area contributed by atoms with Crippen LogP contribution in [0.2, 0.25) is 0 Å². The van der Waals surface area contributed by atoms with Gasteiger partial charge in [-0.25, -0.2) is 0 Å². The quantitative estimate of drug-likeness (QED) is 0.503. The molecule has 0 aromatic rings. The van der Waals surface area contributed by atoms with Crippen LogP contribution in [0.25, 0.3) is 0 Å². The maximum atomic E-state index is 9.64. The van der Waals surface area contributed by atoms with Crippen molar-refractivity contribution < 1.29 is 5.11 Å². The summed E-state index contributed by atoms with van der Waals surface area (Å²) in [6.07, 6.45) is 5.34. The Kier molecular flexibility index (Phi) is 4.65. The van der Waals surface area contributed by atoms with Crippen molar-refractivity contribution in [3.63, 3.8) is 0 Å². The maximum Gasteiger partial charge on any atom is 0.0875 e. The fraction of sp³-hybridized carbons (Fsp3) is 0.545. The molecular weight excluding hydrogens is 148 g/mol. The number of aliphatic hydroxyl groups is 1. The van der Waals surface area contributed by atoms with Gasteiger partial charge in [0.2, 0.25) is 0 Å². The fourth-order valence-corrected chi connectivity index (χ4v) is 0.945. The van der Waals surface area contributed by atoms with Gasteiger partial charge in [-0.05, 0) is 39.7 Å². The first kappa shape index (κ1) is 11.2. The van der Waals surface area contributed by atoms with Gasteiger partial charge in [0, 0.05) is 0 Å². The molecule has 1 heteroatoms. The Morgan fingerprint density at radius 3 is 2.58 bits per heavy atom. The Hall–Kier alpha value is -0.780. The zero-order chi connectivity index (χ0) is 9.61. The number of hydrogen-bond donors (Lipinski definition) is 1. The summed E-state index contributed by atoms with van der Waals surface area (Å²) < 4.78 is 0. The lowest BCUT2D eigenvalue weighted by Crippen LogP contribution is -2.19. The average Bonchev–Trinajstić information content (AvgIpc) is 1.85. The molecule has 0 aliphatic carbocycles. The highest BCUT2D eigenvalue weighted by Crippen LogP contribution is 2.13. The lowest BCUT2D eigenvalue weighted by molar-refractivity contribution is 0.103. The van der Waals surface area contributed by atoms with E-state index in [0.29, 0.717) is 0 Å². The Bertz CT molecular complexity index is 201. The fourth-order valence-electron chi connectivity index (χ4n) is 0.945. The zero-order valence-corrected chi connectivity index (χ0v) is 8.22. The minimum Gasteiger partial charge on any atom is -0.385 e. The minimum absolute atomic E-state index is 0.723. The molecule has 1 atom stereocenters. The molecule has 1 nitrogen and oxygen atoms in total. The van der Waals surface area contributed by atoms with E-state index in [0.717, 1.165) is 12.8 Å². The molecule has 0 heterocycles. The lowest BCUT2D eigenvalue weighted by Gasteiger charge is -2.16. The summed E-state index contributed by atoms with van der Waals surface area (Å²) in [7, 11) is 0. The predicted octanol–water partition coefficient (Wildman–Crippen LogP) is 2.82. The van der Waals surface area contributed by atoms with E-state index in [1.165, 1.54) is 5.57 Å². The molecule has 0 bridgehead atoms. The van der Waals surface area contributed by atoms with Crippen molar-refractivity contribution >= 4 is 0 Å². The lowest BCUT2D eigenvalue weighted by atomic mass is 9.99. The predicted molar refractivity (Wildman–Crippen MR) is 53.0 cm³/mol. The van der Waals surface area contributed by atoms with Gasteiger partial charge in [0.05, 0.1) is 5.60 Å². The SMILES string of the molecule is C=C=CC(C)(O)CCC=C(C)C. The molecule has 0 saturated heterocycles. The summed E-state index contributed by atoms with van der Waals surface area (Å²) in [5.41, 5.74) is 3.13. The maximum absolute atomic E-state index is 9.64. The van der Waals surface area contributed by atoms with Crippen molar-refractivity contribution in [2.24, 2.45) is 0 Å². The third-order valence-electron chi connectivity index (χ3n) is 1.62. The number of hydrogen-bond acceptors (Lipinski definition) is 1. The average molecular weight is 166 g/mol. The zero-order valence-electron chi connectivity index (χ0n) is 8.22. The highest BCUT2D eigenvalue weighted by atomic mass is 16.3. The van der Waals surface area contributed by atoms with Crippen LogP contribution in [0.1, 0.15) is 33.6 Å². The smallest absolute Gasteiger partial charge is 0.0875 e. The molecule has 1 N–H and O–H groups in total. The van der Waals surface area contributed by atoms with Gasteiger partial charge in [-0.2, -0.15) is 0 Å². The molecule has 0 saturated carbocycles. The summed E-state index contributed by atoms with van der Waals surface area (Å²) in [5, 5.41) is 9.64. The van der Waals surface area contributed by atoms with Gasteiger partial charge in [-0.1, -0.05) is 18.2 Å². The van der Waals surface area contributed by atoms with Gasteiger partial charge in [0.1, 0.15) is 0 Å². The minimum atomic E-state index is -0.756. The van der Waals surface area contributed by atoms with Gasteiger partial charge in [0.25, 0.3) is 0 Å². The van der Waals surface area contributed by atoms with Crippen LogP contribution in [0.5, 0.6) is 0 Å². The van der Waals surface area contributed by atoms with Gasteiger partial charge < -0.3 is 5.11 Å². The third-order valence-corrected chi connectivity index (χ3v) is 1.62. The van der Waals surface area contributed by atoms with Crippen molar-refractivity contribution in [2.75, 3.05) is 0 Å². The van der Waals surface area contributed by atoms with Crippen molar-refractivity contribution in [1.29, 1.82) is 0 Å². The van der Waals surface area contributed by atoms with Crippen LogP contribution in [-0.4, -0.2) is 10.7 Å². The van der Waals surface area contributed by atoms with Crippen molar-refractivity contribution in [3.8, 4) is 0 Å². The topological polar surface area (TPSA) is 20.2 Å². The number of rotatable bonds is 4. The molecule has 1 unspecified atom stereocenters. The molecule has 12 heavy (non-hydrogen) atoms. The summed E-state index contributed by atoms with van der Waals surface area (Å²) in [4.78, 5) is 0. The first-order valence-corrected chi connectivity index (χ1v) is 4.20. The monoisotopic (exact) mass is 166 g/mol. The second kappa shape index (κ2) is 4.97. The molecule has 0 aliphatic heterocycles. The van der Waals surface area contributed by atoms with Crippen LogP contribution in [0.15, 0.2) is 30.0 Å². The molecule has 0 rings (SSSR count). The van der Waals surface area contributed by atoms with Gasteiger partial charge in [0.15, 0.2) is 0 Å². The molecule has 0 radical (unpaired) electrons. The van der Waals surface area contributed by atoms with Crippen molar-refractivity contribution in [1.82, 2.24) is 0 Å². The second-order valence-electron chi connectivity index (χ2n) is 3.53. The Morgan fingerprint density at radius 1 is 1.58 bits per heavy atom. The largest absolute Gasteiger partial charge is 0.385 e. The second-order valence-corrected chi connectivity index (χ2v) is 3.53. The van der Waals surface area contributed by atoms with Crippen molar-refractivity contribution in [2.45, 2.75) is 39.2 Å². The molecule has 0 aromatic carbocycles. The van der Waals surface area contributed by atoms with Gasteiger partial charge in [-0.15, -0.1) is 5.73 Å². The van der Waals surface area contributed by atoms with Gasteiger partial charge in [-0.3, -0.25) is 0 Å². The molecule has 0 aromatic heterocycles. The molecule has 0 fully saturated rings. The normalized spacial score (nSPS) is 14.3. The molecule has 0 spiro atoms. The van der Waals surface area contributed by atoms with E-state index < -0.39 is 5.60 Å². The summed E-state index contributed by atoms with van der Waals surface area (Å²) >= 11 is 0. The first-order valence-electron chi connectivity index (χ1n) is 4.20. The van der Waals surface area contributed by atoms with Crippen LogP contribution >= 0.6 is 0 Å². The van der Waals surface area contributed by atoms with E-state index in [-0.39, 0.29) is 0 Å². The highest BCUT2D eigenvalue weighted by Gasteiger charge is 2.13. The van der Waals surface area contributed by atoms with E-state index in [1.54, 1.807) is 13.0 Å². The van der Waals surface area contributed by atoms with Crippen LogP contribution in [0, 0.1) is 0 Å². The van der Waals surface area contributed by atoms with Crippen molar-refractivity contribution in [3.05, 3.63) is 30.0 Å². The van der Waals surface area contributed by atoms with E-state index in [4.69, 9.17) is 0 Å². The molecule has 0 amide bonds. The summed E-state index contributed by atoms with van der Waals surface area (Å²) in [6.45, 7) is 9.31. The molecule has 68 valence electrons. The van der Waals surface area contributed by atoms with E-state index in [2.05, 4.69) is 32.2 Å². The van der Waals surface area contributed by atoms with Gasteiger partial charge >= 0.3 is 0 Å². The first-order chi connectivity index (χ1) is 5.48. The van der Waals surface area contributed by atoms with E-state index in [9.17, 15) is 5.11 Å². The molecular formula is C11H18O. The summed E-state index contributed by atoms with van der Waals surface area (Å²) in [5.74, 6) is 0. The number of allylic oxidation sites excluding steroid dienone is 2. The standard InChI is InChI=1S/C11H18O/c1-5-8-11(4,12)9-6-7-10(2)3/h7-8,12H,1,6,9H2,2-4H3.